The molecule has 0 saturated heterocycles. The molecule has 1 aromatic rings. The summed E-state index contributed by atoms with van der Waals surface area (Å²) in [6.45, 7) is 4.14. The number of aliphatic hydroxyl groups excluding tert-OH is 1. The molecule has 0 fully saturated rings. The van der Waals surface area contributed by atoms with E-state index in [9.17, 15) is 9.90 Å². The zero-order valence-electron chi connectivity index (χ0n) is 9.92. The number of likely N-dealkylation sites (N-methyl/N-ethyl adjacent to an activating group) is 1. The average molecular weight is 302 g/mol. The van der Waals surface area contributed by atoms with Crippen LogP contribution < -0.4 is 10.1 Å². The minimum Gasteiger partial charge on any atom is -0.483 e. The van der Waals surface area contributed by atoms with Crippen LogP contribution >= 0.6 is 15.9 Å². The van der Waals surface area contributed by atoms with Gasteiger partial charge in [0.25, 0.3) is 5.91 Å². The second-order valence-corrected chi connectivity index (χ2v) is 4.53. The van der Waals surface area contributed by atoms with Crippen molar-refractivity contribution >= 4 is 21.8 Å². The van der Waals surface area contributed by atoms with E-state index in [4.69, 9.17) is 4.74 Å². The van der Waals surface area contributed by atoms with E-state index in [1.807, 2.05) is 19.9 Å². The normalized spacial score (nSPS) is 10.1. The van der Waals surface area contributed by atoms with Gasteiger partial charge < -0.3 is 15.2 Å². The zero-order valence-corrected chi connectivity index (χ0v) is 11.5. The van der Waals surface area contributed by atoms with Crippen LogP contribution in [0.25, 0.3) is 0 Å². The van der Waals surface area contributed by atoms with Crippen LogP contribution in [-0.4, -0.2) is 24.2 Å². The molecule has 0 saturated carbocycles. The summed E-state index contributed by atoms with van der Waals surface area (Å²) in [5.41, 5.74) is 1.55. The van der Waals surface area contributed by atoms with Crippen molar-refractivity contribution in [2.24, 2.45) is 0 Å². The second kappa shape index (κ2) is 6.61. The lowest BCUT2D eigenvalue weighted by Gasteiger charge is -2.13. The highest BCUT2D eigenvalue weighted by Gasteiger charge is 2.10. The minimum atomic E-state index is -0.168. The first-order valence-electron chi connectivity index (χ1n) is 5.37. The number of rotatable bonds is 5. The fraction of sp³-hybridized carbons (Fsp3) is 0.417. The molecule has 0 atom stereocenters. The molecule has 0 unspecified atom stereocenters. The highest BCUT2D eigenvalue weighted by Crippen LogP contribution is 2.28. The molecule has 0 heterocycles. The summed E-state index contributed by atoms with van der Waals surface area (Å²) in [6, 6.07) is 3.66. The van der Waals surface area contributed by atoms with Crippen molar-refractivity contribution in [1.29, 1.82) is 0 Å². The number of hydrogen-bond acceptors (Lipinski definition) is 3. The fourth-order valence-corrected chi connectivity index (χ4v) is 2.13. The van der Waals surface area contributed by atoms with Gasteiger partial charge >= 0.3 is 0 Å². The highest BCUT2D eigenvalue weighted by molar-refractivity contribution is 9.10. The smallest absolute Gasteiger partial charge is 0.257 e. The number of carbonyl (C=O) groups is 1. The molecule has 94 valence electrons. The average Bonchev–Trinajstić information content (AvgIpc) is 2.27. The summed E-state index contributed by atoms with van der Waals surface area (Å²) in [5.74, 6) is 0.403. The number of hydrogen-bond donors (Lipinski definition) is 2. The maximum atomic E-state index is 11.3. The van der Waals surface area contributed by atoms with Gasteiger partial charge in [-0.2, -0.15) is 0 Å². The Labute approximate surface area is 109 Å². The van der Waals surface area contributed by atoms with E-state index in [0.29, 0.717) is 17.9 Å². The lowest BCUT2D eigenvalue weighted by Crippen LogP contribution is -2.28. The van der Waals surface area contributed by atoms with Gasteiger partial charge in [-0.15, -0.1) is 0 Å². The summed E-state index contributed by atoms with van der Waals surface area (Å²) in [5, 5.41) is 11.9. The fourth-order valence-electron chi connectivity index (χ4n) is 1.51. The van der Waals surface area contributed by atoms with Crippen molar-refractivity contribution in [3.8, 4) is 5.75 Å². The first-order chi connectivity index (χ1) is 8.08. The van der Waals surface area contributed by atoms with E-state index in [1.54, 1.807) is 6.07 Å². The number of amides is 1. The molecule has 4 nitrogen and oxygen atoms in total. The van der Waals surface area contributed by atoms with Gasteiger partial charge in [0.15, 0.2) is 6.61 Å². The summed E-state index contributed by atoms with van der Waals surface area (Å²) in [6.07, 6.45) is 0. The Kier molecular flexibility index (Phi) is 5.44. The third-order valence-corrected chi connectivity index (χ3v) is 2.67. The molecule has 0 spiro atoms. The standard InChI is InChI=1S/C12H16BrNO3/c1-3-14-11(16)7-17-12-8(2)4-10(13)5-9(12)6-15/h4-5,15H,3,6-7H2,1-2H3,(H,14,16). The largest absolute Gasteiger partial charge is 0.483 e. The molecule has 1 aromatic carbocycles. The molecular weight excluding hydrogens is 286 g/mol. The Morgan fingerprint density at radius 1 is 1.53 bits per heavy atom. The van der Waals surface area contributed by atoms with Crippen molar-refractivity contribution < 1.29 is 14.6 Å². The van der Waals surface area contributed by atoms with Crippen LogP contribution in [0.2, 0.25) is 0 Å². The van der Waals surface area contributed by atoms with Crippen molar-refractivity contribution in [3.63, 3.8) is 0 Å². The van der Waals surface area contributed by atoms with Crippen LogP contribution in [0.5, 0.6) is 5.75 Å². The SMILES string of the molecule is CCNC(=O)COc1c(C)cc(Br)cc1CO. The lowest BCUT2D eigenvalue weighted by atomic mass is 10.1. The topological polar surface area (TPSA) is 58.6 Å². The quantitative estimate of drug-likeness (QED) is 0.871. The Morgan fingerprint density at radius 2 is 2.24 bits per heavy atom. The number of benzene rings is 1. The summed E-state index contributed by atoms with van der Waals surface area (Å²) in [7, 11) is 0. The summed E-state index contributed by atoms with van der Waals surface area (Å²) >= 11 is 3.35. The predicted molar refractivity (Wildman–Crippen MR) is 69.0 cm³/mol. The van der Waals surface area contributed by atoms with E-state index in [0.717, 1.165) is 10.0 Å². The number of halogens is 1. The van der Waals surface area contributed by atoms with E-state index in [-0.39, 0.29) is 19.1 Å². The Morgan fingerprint density at radius 3 is 2.82 bits per heavy atom. The third-order valence-electron chi connectivity index (χ3n) is 2.21. The van der Waals surface area contributed by atoms with Crippen LogP contribution in [-0.2, 0) is 11.4 Å². The molecule has 5 heteroatoms. The van der Waals surface area contributed by atoms with Gasteiger partial charge in [-0.1, -0.05) is 15.9 Å². The molecule has 2 N–H and O–H groups in total. The van der Waals surface area contributed by atoms with E-state index >= 15 is 0 Å². The molecule has 0 aliphatic rings. The third kappa shape index (κ3) is 4.02. The van der Waals surface area contributed by atoms with Gasteiger partial charge in [-0.05, 0) is 31.5 Å². The first-order valence-corrected chi connectivity index (χ1v) is 6.17. The monoisotopic (exact) mass is 301 g/mol. The summed E-state index contributed by atoms with van der Waals surface area (Å²) in [4.78, 5) is 11.3. The maximum Gasteiger partial charge on any atom is 0.257 e. The van der Waals surface area contributed by atoms with Gasteiger partial charge in [0.05, 0.1) is 6.61 Å². The van der Waals surface area contributed by atoms with Gasteiger partial charge in [0.2, 0.25) is 0 Å². The van der Waals surface area contributed by atoms with Crippen molar-refractivity contribution in [2.45, 2.75) is 20.5 Å². The number of aryl methyl sites for hydroxylation is 1. The molecule has 17 heavy (non-hydrogen) atoms. The van der Waals surface area contributed by atoms with Gasteiger partial charge in [-0.3, -0.25) is 4.79 Å². The molecule has 0 aliphatic carbocycles. The van der Waals surface area contributed by atoms with Crippen LogP contribution in [0.1, 0.15) is 18.1 Å². The Hall–Kier alpha value is -1.07. The van der Waals surface area contributed by atoms with E-state index < -0.39 is 0 Å². The Balaban J connectivity index is 2.79. The van der Waals surface area contributed by atoms with Crippen molar-refractivity contribution in [3.05, 3.63) is 27.7 Å². The lowest BCUT2D eigenvalue weighted by molar-refractivity contribution is -0.123. The molecule has 0 aromatic heterocycles. The molecule has 1 amide bonds. The number of carbonyl (C=O) groups excluding carboxylic acids is 1. The minimum absolute atomic E-state index is 0.0384. The number of ether oxygens (including phenoxy) is 1. The first kappa shape index (κ1) is 14.0. The zero-order chi connectivity index (χ0) is 12.8. The van der Waals surface area contributed by atoms with Gasteiger partial charge in [0.1, 0.15) is 5.75 Å². The highest BCUT2D eigenvalue weighted by atomic mass is 79.9. The van der Waals surface area contributed by atoms with Crippen molar-refractivity contribution in [1.82, 2.24) is 5.32 Å². The van der Waals surface area contributed by atoms with Crippen LogP contribution in [0.15, 0.2) is 16.6 Å². The molecular formula is C12H16BrNO3. The molecule has 1 rings (SSSR count). The number of nitrogens with one attached hydrogen (secondary N) is 1. The van der Waals surface area contributed by atoms with Crippen molar-refractivity contribution in [2.75, 3.05) is 13.2 Å². The van der Waals surface area contributed by atoms with Crippen LogP contribution in [0.3, 0.4) is 0 Å². The van der Waals surface area contributed by atoms with Gasteiger partial charge in [0, 0.05) is 16.6 Å². The molecule has 0 radical (unpaired) electrons. The van der Waals surface area contributed by atoms with E-state index in [1.165, 1.54) is 0 Å². The predicted octanol–water partition coefficient (Wildman–Crippen LogP) is 1.76. The summed E-state index contributed by atoms with van der Waals surface area (Å²) < 4.78 is 6.31. The Bertz CT molecular complexity index is 407. The second-order valence-electron chi connectivity index (χ2n) is 3.61. The number of aliphatic hydroxyl groups is 1. The van der Waals surface area contributed by atoms with Crippen LogP contribution in [0, 0.1) is 6.92 Å². The van der Waals surface area contributed by atoms with Crippen LogP contribution in [0.4, 0.5) is 0 Å². The van der Waals surface area contributed by atoms with Gasteiger partial charge in [-0.25, -0.2) is 0 Å². The molecule has 0 bridgehead atoms. The maximum absolute atomic E-state index is 11.3. The molecule has 0 aliphatic heterocycles. The van der Waals surface area contributed by atoms with E-state index in [2.05, 4.69) is 21.2 Å².